The second kappa shape index (κ2) is 10.1. The Balaban J connectivity index is 1.46. The molecular formula is C27H26N6O3S. The molecule has 0 aliphatic carbocycles. The summed E-state index contributed by atoms with van der Waals surface area (Å²) < 4.78 is 11.5. The zero-order valence-electron chi connectivity index (χ0n) is 20.6. The van der Waals surface area contributed by atoms with E-state index in [4.69, 9.17) is 14.6 Å². The molecule has 9 nitrogen and oxygen atoms in total. The van der Waals surface area contributed by atoms with E-state index < -0.39 is 5.54 Å². The molecule has 5 aromatic rings. The predicted molar refractivity (Wildman–Crippen MR) is 140 cm³/mol. The van der Waals surface area contributed by atoms with Crippen LogP contribution in [0.4, 0.5) is 0 Å². The largest absolute Gasteiger partial charge is 0.445 e. The average Bonchev–Trinajstić information content (AvgIpc) is 3.66. The zero-order chi connectivity index (χ0) is 26.0. The first-order valence-electron chi connectivity index (χ1n) is 11.7. The molecule has 0 bridgehead atoms. The van der Waals surface area contributed by atoms with Crippen molar-refractivity contribution in [1.82, 2.24) is 25.5 Å². The van der Waals surface area contributed by atoms with Gasteiger partial charge in [-0.15, -0.1) is 21.5 Å². The van der Waals surface area contributed by atoms with Gasteiger partial charge in [-0.05, 0) is 51.0 Å². The molecule has 2 aromatic carbocycles. The third kappa shape index (κ3) is 5.50. The van der Waals surface area contributed by atoms with Crippen molar-refractivity contribution < 1.29 is 13.6 Å². The number of carbonyl (C=O) groups is 1. The van der Waals surface area contributed by atoms with Gasteiger partial charge < -0.3 is 19.9 Å². The van der Waals surface area contributed by atoms with Crippen LogP contribution in [-0.2, 0) is 12.0 Å². The third-order valence-electron chi connectivity index (χ3n) is 5.80. The van der Waals surface area contributed by atoms with Crippen molar-refractivity contribution in [3.8, 4) is 22.9 Å². The van der Waals surface area contributed by atoms with E-state index in [0.717, 1.165) is 16.3 Å². The lowest BCUT2D eigenvalue weighted by Crippen LogP contribution is -2.35. The van der Waals surface area contributed by atoms with Gasteiger partial charge in [0.1, 0.15) is 11.3 Å². The number of thiazole rings is 1. The summed E-state index contributed by atoms with van der Waals surface area (Å²) in [5.74, 6) is 0.631. The number of hydrogen-bond donors (Lipinski definition) is 2. The fourth-order valence-corrected chi connectivity index (χ4v) is 4.75. The first-order chi connectivity index (χ1) is 17.8. The molecule has 3 heterocycles. The summed E-state index contributed by atoms with van der Waals surface area (Å²) in [6.07, 6.45) is 3.54. The van der Waals surface area contributed by atoms with Crippen molar-refractivity contribution in [1.29, 1.82) is 0 Å². The van der Waals surface area contributed by atoms with Crippen LogP contribution >= 0.6 is 11.3 Å². The molecule has 2 atom stereocenters. The van der Waals surface area contributed by atoms with E-state index >= 15 is 0 Å². The number of nitrogens with two attached hydrogens (primary N) is 1. The predicted octanol–water partition coefficient (Wildman–Crippen LogP) is 5.06. The van der Waals surface area contributed by atoms with Crippen molar-refractivity contribution in [2.24, 2.45) is 5.73 Å². The Morgan fingerprint density at radius 3 is 2.57 bits per heavy atom. The molecule has 5 rings (SSSR count). The molecule has 0 aliphatic heterocycles. The Hall–Kier alpha value is -4.15. The summed E-state index contributed by atoms with van der Waals surface area (Å²) >= 11 is 1.51. The van der Waals surface area contributed by atoms with Gasteiger partial charge in [0.15, 0.2) is 0 Å². The number of aromatic nitrogens is 4. The van der Waals surface area contributed by atoms with Crippen LogP contribution in [0.1, 0.15) is 52.4 Å². The number of nitrogens with one attached hydrogen (secondary N) is 1. The lowest BCUT2D eigenvalue weighted by Gasteiger charge is -2.20. The fourth-order valence-electron chi connectivity index (χ4n) is 3.95. The Kier molecular flexibility index (Phi) is 6.68. The van der Waals surface area contributed by atoms with Crippen molar-refractivity contribution >= 4 is 17.2 Å². The van der Waals surface area contributed by atoms with Crippen LogP contribution in [0.25, 0.3) is 22.9 Å². The minimum atomic E-state index is -0.881. The van der Waals surface area contributed by atoms with Gasteiger partial charge >= 0.3 is 0 Å². The number of oxazole rings is 1. The number of aryl methyl sites for hydroxylation is 1. The number of nitrogens with zero attached hydrogens (tertiary/aromatic N) is 4. The van der Waals surface area contributed by atoms with Crippen molar-refractivity contribution in [2.75, 3.05) is 0 Å². The lowest BCUT2D eigenvalue weighted by atomic mass is 9.94. The lowest BCUT2D eigenvalue weighted by molar-refractivity contribution is 0.0940. The molecule has 3 N–H and O–H groups in total. The summed E-state index contributed by atoms with van der Waals surface area (Å²) in [6, 6.07) is 14.8. The Labute approximate surface area is 217 Å². The molecule has 0 aliphatic rings. The number of rotatable bonds is 8. The van der Waals surface area contributed by atoms with E-state index in [1.165, 1.54) is 17.6 Å². The quantitative estimate of drug-likeness (QED) is 0.293. The fraction of sp³-hybridized carbons (Fsp3) is 0.222. The Morgan fingerprint density at radius 2 is 1.89 bits per heavy atom. The van der Waals surface area contributed by atoms with Gasteiger partial charge in [-0.25, -0.2) is 9.97 Å². The van der Waals surface area contributed by atoms with Crippen LogP contribution in [0.15, 0.2) is 75.2 Å². The van der Waals surface area contributed by atoms with Gasteiger partial charge in [0, 0.05) is 27.8 Å². The summed E-state index contributed by atoms with van der Waals surface area (Å²) in [4.78, 5) is 21.9. The summed E-state index contributed by atoms with van der Waals surface area (Å²) in [5, 5.41) is 14.3. The molecule has 37 heavy (non-hydrogen) atoms. The van der Waals surface area contributed by atoms with Crippen molar-refractivity contribution in [2.45, 2.75) is 38.8 Å². The smallest absolute Gasteiger partial charge is 0.251 e. The van der Waals surface area contributed by atoms with Crippen LogP contribution in [0.2, 0.25) is 0 Å². The van der Waals surface area contributed by atoms with Gasteiger partial charge in [-0.3, -0.25) is 4.79 Å². The Bertz CT molecular complexity index is 1510. The van der Waals surface area contributed by atoms with Crippen LogP contribution in [0.5, 0.6) is 0 Å². The second-order valence-corrected chi connectivity index (χ2v) is 10.0. The van der Waals surface area contributed by atoms with Gasteiger partial charge in [-0.1, -0.05) is 30.3 Å². The van der Waals surface area contributed by atoms with Crippen LogP contribution in [-0.4, -0.2) is 26.1 Å². The van der Waals surface area contributed by atoms with E-state index in [9.17, 15) is 4.79 Å². The number of hydrogen-bond acceptors (Lipinski definition) is 9. The molecule has 10 heteroatoms. The first kappa shape index (κ1) is 24.5. The molecule has 1 amide bonds. The molecule has 0 saturated carbocycles. The maximum Gasteiger partial charge on any atom is 0.251 e. The Morgan fingerprint density at radius 1 is 1.14 bits per heavy atom. The molecule has 188 valence electrons. The van der Waals surface area contributed by atoms with E-state index in [0.29, 0.717) is 34.9 Å². The minimum absolute atomic E-state index is 0.241. The minimum Gasteiger partial charge on any atom is -0.445 e. The molecule has 0 fully saturated rings. The van der Waals surface area contributed by atoms with Crippen LogP contribution < -0.4 is 11.1 Å². The van der Waals surface area contributed by atoms with Crippen molar-refractivity contribution in [3.05, 3.63) is 94.1 Å². The van der Waals surface area contributed by atoms with Crippen molar-refractivity contribution in [3.63, 3.8) is 0 Å². The summed E-state index contributed by atoms with van der Waals surface area (Å²) in [6.45, 7) is 5.67. The molecule has 0 unspecified atom stereocenters. The van der Waals surface area contributed by atoms with E-state index in [2.05, 4.69) is 25.5 Å². The second-order valence-electron chi connectivity index (χ2n) is 9.15. The maximum atomic E-state index is 13.2. The van der Waals surface area contributed by atoms with Gasteiger partial charge in [0.25, 0.3) is 5.91 Å². The highest BCUT2D eigenvalue weighted by Crippen LogP contribution is 2.30. The number of benzene rings is 2. The summed E-state index contributed by atoms with van der Waals surface area (Å²) in [5.41, 5.74) is 9.21. The van der Waals surface area contributed by atoms with Gasteiger partial charge in [-0.2, -0.15) is 0 Å². The third-order valence-corrected chi connectivity index (χ3v) is 6.95. The molecule has 3 aromatic heterocycles. The average molecular weight is 515 g/mol. The van der Waals surface area contributed by atoms with E-state index in [1.807, 2.05) is 56.5 Å². The van der Waals surface area contributed by atoms with Gasteiger partial charge in [0.05, 0.1) is 17.8 Å². The van der Waals surface area contributed by atoms with Crippen LogP contribution in [0, 0.1) is 6.92 Å². The molecule has 0 saturated heterocycles. The van der Waals surface area contributed by atoms with E-state index in [1.54, 1.807) is 24.4 Å². The molecule has 0 spiro atoms. The zero-order valence-corrected chi connectivity index (χ0v) is 21.5. The molecular weight excluding hydrogens is 488 g/mol. The summed E-state index contributed by atoms with van der Waals surface area (Å²) in [7, 11) is 0. The number of amides is 1. The highest BCUT2D eigenvalue weighted by atomic mass is 32.1. The number of carbonyl (C=O) groups excluding carboxylic acids is 1. The highest BCUT2D eigenvalue weighted by Gasteiger charge is 2.29. The SMILES string of the molecule is Cc1csc([C@@H](C)NC(=O)c2cc(-c3ncco3)cc(-c3nnc([C@](C)(N)Cc4ccccc4)o3)c2)n1. The highest BCUT2D eigenvalue weighted by molar-refractivity contribution is 7.09. The van der Waals surface area contributed by atoms with Crippen LogP contribution in [0.3, 0.4) is 0 Å². The first-order valence-corrected chi connectivity index (χ1v) is 12.6. The molecule has 0 radical (unpaired) electrons. The van der Waals surface area contributed by atoms with Gasteiger partial charge in [0.2, 0.25) is 17.7 Å². The maximum absolute atomic E-state index is 13.2. The monoisotopic (exact) mass is 514 g/mol. The van der Waals surface area contributed by atoms with E-state index in [-0.39, 0.29) is 17.8 Å². The topological polar surface area (TPSA) is 133 Å². The standard InChI is InChI=1S/C27H26N6O3S/c1-16-15-37-25(30-16)17(2)31-22(34)19-11-20(23-29-9-10-35-23)13-21(12-19)24-32-33-26(36-24)27(3,28)14-18-7-5-4-6-8-18/h4-13,15,17H,14,28H2,1-3H3,(H,31,34)/t17-,27-/m1/s1. The normalized spacial score (nSPS) is 13.7.